The van der Waals surface area contributed by atoms with Crippen molar-refractivity contribution in [3.05, 3.63) is 35.6 Å². The van der Waals surface area contributed by atoms with Crippen LogP contribution in [0.25, 0.3) is 0 Å². The summed E-state index contributed by atoms with van der Waals surface area (Å²) in [6.07, 6.45) is 5.21. The summed E-state index contributed by atoms with van der Waals surface area (Å²) in [5, 5.41) is 3.06. The molecule has 2 amide bonds. The van der Waals surface area contributed by atoms with Crippen molar-refractivity contribution in [3.8, 4) is 0 Å². The Morgan fingerprint density at radius 2 is 1.92 bits per heavy atom. The number of ether oxygens (including phenoxy) is 1. The molecule has 0 aliphatic heterocycles. The number of amides is 2. The molecule has 0 unspecified atom stereocenters. The number of nitrogens with zero attached hydrogens (tertiary/aromatic N) is 1. The monoisotopic (exact) mass is 384 g/mol. The van der Waals surface area contributed by atoms with E-state index in [0.717, 1.165) is 25.7 Å². The molecule has 26 heavy (non-hydrogen) atoms. The van der Waals surface area contributed by atoms with Gasteiger partial charge in [0.1, 0.15) is 17.7 Å². The van der Waals surface area contributed by atoms with E-state index in [0.29, 0.717) is 5.56 Å². The summed E-state index contributed by atoms with van der Waals surface area (Å²) in [5.41, 5.74) is 0.550. The molecule has 0 saturated heterocycles. The molecule has 144 valence electrons. The third-order valence-corrected chi connectivity index (χ3v) is 4.90. The standard InChI is InChI=1S/C19H26ClFN2O3/c1-26-12-11-23(17(24)13-20)18(14-7-9-15(21)10-8-14)19(25)22-16-5-3-2-4-6-16/h7-10,16,18H,2-6,11-13H2,1H3,(H,22,25)/t18-/m1/s1. The highest BCUT2D eigenvalue weighted by Gasteiger charge is 2.32. The fraction of sp³-hybridized carbons (Fsp3) is 0.579. The van der Waals surface area contributed by atoms with Crippen LogP contribution in [0, 0.1) is 5.82 Å². The van der Waals surface area contributed by atoms with Crippen molar-refractivity contribution >= 4 is 23.4 Å². The smallest absolute Gasteiger partial charge is 0.247 e. The molecule has 7 heteroatoms. The van der Waals surface area contributed by atoms with Crippen LogP contribution in [0.15, 0.2) is 24.3 Å². The minimum atomic E-state index is -0.862. The normalized spacial score (nSPS) is 16.1. The zero-order chi connectivity index (χ0) is 18.9. The van der Waals surface area contributed by atoms with E-state index in [9.17, 15) is 14.0 Å². The van der Waals surface area contributed by atoms with Gasteiger partial charge in [-0.1, -0.05) is 31.4 Å². The van der Waals surface area contributed by atoms with Crippen LogP contribution in [-0.2, 0) is 14.3 Å². The number of methoxy groups -OCH3 is 1. The Morgan fingerprint density at radius 3 is 2.50 bits per heavy atom. The highest BCUT2D eigenvalue weighted by molar-refractivity contribution is 6.27. The van der Waals surface area contributed by atoms with E-state index in [4.69, 9.17) is 16.3 Å². The van der Waals surface area contributed by atoms with Crippen LogP contribution < -0.4 is 5.32 Å². The van der Waals surface area contributed by atoms with Gasteiger partial charge in [0.15, 0.2) is 0 Å². The Labute approximate surface area is 158 Å². The van der Waals surface area contributed by atoms with Gasteiger partial charge in [-0.25, -0.2) is 4.39 Å². The Bertz CT molecular complexity index is 591. The molecule has 1 aliphatic carbocycles. The minimum Gasteiger partial charge on any atom is -0.383 e. The maximum absolute atomic E-state index is 13.3. The molecule has 1 fully saturated rings. The number of rotatable bonds is 8. The lowest BCUT2D eigenvalue weighted by molar-refractivity contribution is -0.140. The van der Waals surface area contributed by atoms with Gasteiger partial charge in [-0.3, -0.25) is 9.59 Å². The number of carbonyl (C=O) groups is 2. The van der Waals surface area contributed by atoms with Crippen molar-refractivity contribution in [1.82, 2.24) is 10.2 Å². The highest BCUT2D eigenvalue weighted by Crippen LogP contribution is 2.24. The zero-order valence-electron chi connectivity index (χ0n) is 15.0. The molecule has 1 aromatic carbocycles. The average Bonchev–Trinajstić information content (AvgIpc) is 2.66. The maximum Gasteiger partial charge on any atom is 0.247 e. The van der Waals surface area contributed by atoms with E-state index in [2.05, 4.69) is 5.32 Å². The lowest BCUT2D eigenvalue weighted by Gasteiger charge is -2.33. The van der Waals surface area contributed by atoms with E-state index in [1.54, 1.807) is 0 Å². The Kier molecular flexibility index (Phi) is 8.32. The van der Waals surface area contributed by atoms with Gasteiger partial charge in [0, 0.05) is 19.7 Å². The van der Waals surface area contributed by atoms with Crippen LogP contribution in [0.2, 0.25) is 0 Å². The molecule has 2 rings (SSSR count). The molecule has 0 spiro atoms. The fourth-order valence-electron chi connectivity index (χ4n) is 3.31. The second-order valence-corrected chi connectivity index (χ2v) is 6.78. The van der Waals surface area contributed by atoms with Crippen LogP contribution >= 0.6 is 11.6 Å². The number of carbonyl (C=O) groups excluding carboxylic acids is 2. The van der Waals surface area contributed by atoms with Crippen LogP contribution in [0.1, 0.15) is 43.7 Å². The Hall–Kier alpha value is -1.66. The van der Waals surface area contributed by atoms with Crippen molar-refractivity contribution in [2.75, 3.05) is 26.1 Å². The molecule has 0 bridgehead atoms. The number of alkyl halides is 1. The average molecular weight is 385 g/mol. The summed E-state index contributed by atoms with van der Waals surface area (Å²) in [4.78, 5) is 26.8. The first-order valence-electron chi connectivity index (χ1n) is 8.97. The molecule has 1 atom stereocenters. The number of hydrogen-bond acceptors (Lipinski definition) is 3. The summed E-state index contributed by atoms with van der Waals surface area (Å²) in [5.74, 6) is -1.26. The first kappa shape index (κ1) is 20.6. The molecule has 1 N–H and O–H groups in total. The van der Waals surface area contributed by atoms with E-state index >= 15 is 0 Å². The predicted molar refractivity (Wildman–Crippen MR) is 98.5 cm³/mol. The summed E-state index contributed by atoms with van der Waals surface area (Å²) >= 11 is 5.76. The van der Waals surface area contributed by atoms with Crippen LogP contribution in [0.5, 0.6) is 0 Å². The first-order chi connectivity index (χ1) is 12.6. The third kappa shape index (κ3) is 5.68. The lowest BCUT2D eigenvalue weighted by Crippen LogP contribution is -2.48. The SMILES string of the molecule is COCCN(C(=O)CCl)[C@@H](C(=O)NC1CCCCC1)c1ccc(F)cc1. The zero-order valence-corrected chi connectivity index (χ0v) is 15.8. The molecule has 1 aliphatic rings. The van der Waals surface area contributed by atoms with Crippen LogP contribution in [0.3, 0.4) is 0 Å². The van der Waals surface area contributed by atoms with Gasteiger partial charge in [0.05, 0.1) is 6.61 Å². The number of benzene rings is 1. The van der Waals surface area contributed by atoms with Crippen molar-refractivity contribution < 1.29 is 18.7 Å². The molecule has 1 saturated carbocycles. The van der Waals surface area contributed by atoms with E-state index in [1.165, 1.54) is 42.7 Å². The second kappa shape index (κ2) is 10.5. The van der Waals surface area contributed by atoms with Crippen molar-refractivity contribution in [1.29, 1.82) is 0 Å². The maximum atomic E-state index is 13.3. The van der Waals surface area contributed by atoms with Crippen LogP contribution in [-0.4, -0.2) is 48.9 Å². The van der Waals surface area contributed by atoms with E-state index in [1.807, 2.05) is 0 Å². The van der Waals surface area contributed by atoms with Gasteiger partial charge in [-0.2, -0.15) is 0 Å². The Morgan fingerprint density at radius 1 is 1.27 bits per heavy atom. The van der Waals surface area contributed by atoms with E-state index in [-0.39, 0.29) is 36.9 Å². The molecule has 0 radical (unpaired) electrons. The summed E-state index contributed by atoms with van der Waals surface area (Å²) in [6, 6.07) is 4.88. The molecule has 0 heterocycles. The predicted octanol–water partition coefficient (Wildman–Crippen LogP) is 3.03. The van der Waals surface area contributed by atoms with E-state index < -0.39 is 11.9 Å². The second-order valence-electron chi connectivity index (χ2n) is 6.51. The van der Waals surface area contributed by atoms with Gasteiger partial charge < -0.3 is 15.0 Å². The molecule has 5 nitrogen and oxygen atoms in total. The van der Waals surface area contributed by atoms with Crippen molar-refractivity contribution in [2.45, 2.75) is 44.2 Å². The number of halogens is 2. The molecular formula is C19H26ClFN2O3. The van der Waals surface area contributed by atoms with Gasteiger partial charge in [-0.05, 0) is 30.5 Å². The largest absolute Gasteiger partial charge is 0.383 e. The summed E-state index contributed by atoms with van der Waals surface area (Å²) in [7, 11) is 1.53. The van der Waals surface area contributed by atoms with Gasteiger partial charge in [-0.15, -0.1) is 11.6 Å². The van der Waals surface area contributed by atoms with Crippen molar-refractivity contribution in [2.24, 2.45) is 0 Å². The quantitative estimate of drug-likeness (QED) is 0.701. The summed E-state index contributed by atoms with van der Waals surface area (Å²) < 4.78 is 18.4. The molecule has 1 aromatic rings. The topological polar surface area (TPSA) is 58.6 Å². The first-order valence-corrected chi connectivity index (χ1v) is 9.50. The fourth-order valence-corrected chi connectivity index (χ4v) is 3.46. The number of nitrogens with one attached hydrogen (secondary N) is 1. The number of hydrogen-bond donors (Lipinski definition) is 1. The third-order valence-electron chi connectivity index (χ3n) is 4.67. The lowest BCUT2D eigenvalue weighted by atomic mass is 9.94. The highest BCUT2D eigenvalue weighted by atomic mass is 35.5. The molecule has 0 aromatic heterocycles. The Balaban J connectivity index is 2.27. The molecular weight excluding hydrogens is 359 g/mol. The van der Waals surface area contributed by atoms with Gasteiger partial charge in [0.25, 0.3) is 0 Å². The van der Waals surface area contributed by atoms with Gasteiger partial charge in [0.2, 0.25) is 11.8 Å². The van der Waals surface area contributed by atoms with Crippen LogP contribution in [0.4, 0.5) is 4.39 Å². The van der Waals surface area contributed by atoms with Gasteiger partial charge >= 0.3 is 0 Å². The minimum absolute atomic E-state index is 0.106. The summed E-state index contributed by atoms with van der Waals surface area (Å²) in [6.45, 7) is 0.499. The van der Waals surface area contributed by atoms with Crippen molar-refractivity contribution in [3.63, 3.8) is 0 Å².